The number of benzene rings is 1. The van der Waals surface area contributed by atoms with Crippen LogP contribution in [0.5, 0.6) is 0 Å². The Morgan fingerprint density at radius 1 is 1.32 bits per heavy atom. The predicted molar refractivity (Wildman–Crippen MR) is 82.7 cm³/mol. The first kappa shape index (κ1) is 14.1. The van der Waals surface area contributed by atoms with E-state index in [-0.39, 0.29) is 0 Å². The molecule has 100 valence electrons. The van der Waals surface area contributed by atoms with Crippen molar-refractivity contribution in [2.75, 3.05) is 27.2 Å². The zero-order valence-electron chi connectivity index (χ0n) is 11.4. The first-order valence-electron chi connectivity index (χ1n) is 6.40. The van der Waals surface area contributed by atoms with Crippen LogP contribution in [0.3, 0.4) is 0 Å². The summed E-state index contributed by atoms with van der Waals surface area (Å²) >= 11 is 5.95. The molecule has 1 aliphatic heterocycles. The summed E-state index contributed by atoms with van der Waals surface area (Å²) in [5.74, 6) is 0. The van der Waals surface area contributed by atoms with E-state index in [0.29, 0.717) is 6.54 Å². The second kappa shape index (κ2) is 5.74. The van der Waals surface area contributed by atoms with Crippen LogP contribution in [0.1, 0.15) is 5.56 Å². The maximum Gasteiger partial charge on any atom is 0.104 e. The predicted octanol–water partition coefficient (Wildman–Crippen LogP) is 3.21. The summed E-state index contributed by atoms with van der Waals surface area (Å²) in [5, 5.41) is 0.750. The Morgan fingerprint density at radius 3 is 2.58 bits per heavy atom. The van der Waals surface area contributed by atoms with Gasteiger partial charge in [-0.2, -0.15) is 0 Å². The third-order valence-corrected chi connectivity index (χ3v) is 3.40. The maximum atomic E-state index is 5.95. The second-order valence-corrected chi connectivity index (χ2v) is 5.74. The minimum absolute atomic E-state index is 0.524. The lowest BCUT2D eigenvalue weighted by Crippen LogP contribution is -2.35. The standard InChI is InChI=1S/C16H20ClN2/c1-19(2)11-3-4-14(12-19)16(9-10-18)13-5-7-15(17)8-6-13/h3-9,12H,10-11,18H2,1-2H3/q+1/b16-9+. The Hall–Kier alpha value is -1.35. The molecule has 2 nitrogen and oxygen atoms in total. The molecule has 0 amide bonds. The Kier molecular flexibility index (Phi) is 4.25. The molecule has 0 fully saturated rings. The topological polar surface area (TPSA) is 26.0 Å². The number of nitrogens with zero attached hydrogens (tertiary/aromatic N) is 1. The van der Waals surface area contributed by atoms with Gasteiger partial charge in [0.2, 0.25) is 0 Å². The number of likely N-dealkylation sites (N-methyl/N-ethyl adjacent to an activating group) is 1. The molecule has 1 aromatic rings. The number of nitrogens with two attached hydrogens (primary N) is 1. The van der Waals surface area contributed by atoms with Gasteiger partial charge in [0.25, 0.3) is 0 Å². The fourth-order valence-corrected chi connectivity index (χ4v) is 2.36. The normalized spacial score (nSPS) is 18.3. The van der Waals surface area contributed by atoms with Crippen molar-refractivity contribution in [2.45, 2.75) is 0 Å². The molecule has 0 spiro atoms. The van der Waals surface area contributed by atoms with E-state index in [9.17, 15) is 0 Å². The fourth-order valence-electron chi connectivity index (χ4n) is 2.23. The molecule has 2 N–H and O–H groups in total. The Bertz CT molecular complexity index is 536. The molecule has 1 heterocycles. The van der Waals surface area contributed by atoms with Crippen LogP contribution < -0.4 is 5.73 Å². The van der Waals surface area contributed by atoms with Gasteiger partial charge in [0.05, 0.1) is 14.1 Å². The van der Waals surface area contributed by atoms with Crippen molar-refractivity contribution < 1.29 is 4.48 Å². The van der Waals surface area contributed by atoms with E-state index < -0.39 is 0 Å². The summed E-state index contributed by atoms with van der Waals surface area (Å²) in [5.41, 5.74) is 9.24. The molecule has 0 radical (unpaired) electrons. The van der Waals surface area contributed by atoms with Gasteiger partial charge in [-0.25, -0.2) is 0 Å². The van der Waals surface area contributed by atoms with E-state index in [1.165, 1.54) is 11.1 Å². The molecular weight excluding hydrogens is 256 g/mol. The monoisotopic (exact) mass is 275 g/mol. The highest BCUT2D eigenvalue weighted by molar-refractivity contribution is 6.30. The van der Waals surface area contributed by atoms with E-state index in [2.05, 4.69) is 38.5 Å². The van der Waals surface area contributed by atoms with Crippen molar-refractivity contribution in [2.24, 2.45) is 5.73 Å². The fraction of sp³-hybridized carbons (Fsp3) is 0.250. The van der Waals surface area contributed by atoms with Crippen LogP contribution in [0.25, 0.3) is 5.57 Å². The molecule has 1 aromatic carbocycles. The summed E-state index contributed by atoms with van der Waals surface area (Å²) in [7, 11) is 4.37. The van der Waals surface area contributed by atoms with Crippen LogP contribution in [0.15, 0.2) is 54.3 Å². The van der Waals surface area contributed by atoms with Gasteiger partial charge in [-0.05, 0) is 35.4 Å². The summed E-state index contributed by atoms with van der Waals surface area (Å²) in [4.78, 5) is 0. The van der Waals surface area contributed by atoms with Crippen LogP contribution in [-0.4, -0.2) is 31.7 Å². The largest absolute Gasteiger partial charge is 0.327 e. The zero-order valence-corrected chi connectivity index (χ0v) is 12.2. The molecular formula is C16H20ClN2+. The average Bonchev–Trinajstić information content (AvgIpc) is 2.36. The Morgan fingerprint density at radius 2 is 2.00 bits per heavy atom. The molecule has 0 atom stereocenters. The van der Waals surface area contributed by atoms with Gasteiger partial charge in [-0.3, -0.25) is 4.48 Å². The summed E-state index contributed by atoms with van der Waals surface area (Å²) in [6.07, 6.45) is 8.69. The summed E-state index contributed by atoms with van der Waals surface area (Å²) in [6, 6.07) is 7.89. The third-order valence-electron chi connectivity index (χ3n) is 3.15. The number of quaternary nitrogens is 1. The van der Waals surface area contributed by atoms with Crippen LogP contribution >= 0.6 is 11.6 Å². The van der Waals surface area contributed by atoms with Gasteiger partial charge in [0, 0.05) is 17.1 Å². The Balaban J connectivity index is 2.42. The van der Waals surface area contributed by atoms with Gasteiger partial charge in [0.15, 0.2) is 0 Å². The summed E-state index contributed by atoms with van der Waals surface area (Å²) < 4.78 is 0.849. The van der Waals surface area contributed by atoms with Gasteiger partial charge in [-0.1, -0.05) is 29.8 Å². The smallest absolute Gasteiger partial charge is 0.104 e. The van der Waals surface area contributed by atoms with Crippen LogP contribution in [-0.2, 0) is 0 Å². The van der Waals surface area contributed by atoms with Crippen molar-refractivity contribution >= 4 is 17.2 Å². The molecule has 0 saturated carbocycles. The highest BCUT2D eigenvalue weighted by Crippen LogP contribution is 2.28. The average molecular weight is 276 g/mol. The maximum absolute atomic E-state index is 5.95. The second-order valence-electron chi connectivity index (χ2n) is 5.31. The number of hydrogen-bond acceptors (Lipinski definition) is 1. The lowest BCUT2D eigenvalue weighted by atomic mass is 9.96. The molecule has 3 heteroatoms. The highest BCUT2D eigenvalue weighted by atomic mass is 35.5. The van der Waals surface area contributed by atoms with Crippen LogP contribution in [0, 0.1) is 0 Å². The third kappa shape index (κ3) is 3.57. The number of hydrogen-bond donors (Lipinski definition) is 1. The minimum atomic E-state index is 0.524. The molecule has 2 rings (SSSR count). The van der Waals surface area contributed by atoms with Gasteiger partial charge in [-0.15, -0.1) is 0 Å². The number of halogens is 1. The van der Waals surface area contributed by atoms with Crippen molar-refractivity contribution in [1.29, 1.82) is 0 Å². The lowest BCUT2D eigenvalue weighted by molar-refractivity contribution is -0.833. The van der Waals surface area contributed by atoms with Crippen molar-refractivity contribution in [3.8, 4) is 0 Å². The number of rotatable bonds is 3. The quantitative estimate of drug-likeness (QED) is 0.843. The molecule has 0 aliphatic carbocycles. The first-order valence-corrected chi connectivity index (χ1v) is 6.78. The lowest BCUT2D eigenvalue weighted by Gasteiger charge is -2.28. The Labute approximate surface area is 120 Å². The highest BCUT2D eigenvalue weighted by Gasteiger charge is 2.18. The molecule has 0 saturated heterocycles. The molecule has 0 aromatic heterocycles. The van der Waals surface area contributed by atoms with E-state index in [0.717, 1.165) is 21.6 Å². The van der Waals surface area contributed by atoms with Gasteiger partial charge >= 0.3 is 0 Å². The van der Waals surface area contributed by atoms with E-state index in [4.69, 9.17) is 17.3 Å². The van der Waals surface area contributed by atoms with Gasteiger partial charge in [0.1, 0.15) is 12.7 Å². The van der Waals surface area contributed by atoms with Crippen molar-refractivity contribution in [3.05, 3.63) is 64.9 Å². The zero-order chi connectivity index (χ0) is 13.9. The number of allylic oxidation sites excluding steroid dienone is 3. The van der Waals surface area contributed by atoms with Crippen molar-refractivity contribution in [3.63, 3.8) is 0 Å². The SMILES string of the molecule is C[N+]1(C)C=C(/C(=C/CN)c2ccc(Cl)cc2)C=CC1. The van der Waals surface area contributed by atoms with E-state index in [1.807, 2.05) is 24.3 Å². The van der Waals surface area contributed by atoms with Crippen LogP contribution in [0.4, 0.5) is 0 Å². The van der Waals surface area contributed by atoms with E-state index >= 15 is 0 Å². The molecule has 1 aliphatic rings. The van der Waals surface area contributed by atoms with E-state index in [1.54, 1.807) is 0 Å². The minimum Gasteiger partial charge on any atom is -0.327 e. The van der Waals surface area contributed by atoms with Crippen molar-refractivity contribution in [1.82, 2.24) is 0 Å². The van der Waals surface area contributed by atoms with Gasteiger partial charge < -0.3 is 5.73 Å². The molecule has 0 unspecified atom stereocenters. The molecule has 19 heavy (non-hydrogen) atoms. The summed E-state index contributed by atoms with van der Waals surface area (Å²) in [6.45, 7) is 1.54. The first-order chi connectivity index (χ1) is 9.02. The molecule has 0 bridgehead atoms. The van der Waals surface area contributed by atoms with Crippen LogP contribution in [0.2, 0.25) is 5.02 Å².